The highest BCUT2D eigenvalue weighted by Crippen LogP contribution is 2.25. The number of thiazole rings is 1. The maximum absolute atomic E-state index is 12.5. The number of anilines is 1. The number of carboxylic acid groups (broad SMARTS) is 1. The summed E-state index contributed by atoms with van der Waals surface area (Å²) in [7, 11) is -4.20. The first-order valence-electron chi connectivity index (χ1n) is 7.29. The largest absolute Gasteiger partial charge is 0.479 e. The molecule has 2 atom stereocenters. The molecule has 29 heavy (non-hydrogen) atoms. The molecule has 0 bridgehead atoms. The Balaban J connectivity index is 2.28. The summed E-state index contributed by atoms with van der Waals surface area (Å²) in [6.07, 6.45) is 0. The Hall–Kier alpha value is -3.31. The zero-order valence-electron chi connectivity index (χ0n) is 14.3. The van der Waals surface area contributed by atoms with Gasteiger partial charge in [0.25, 0.3) is 11.8 Å². The lowest BCUT2D eigenvalue weighted by molar-refractivity contribution is -0.162. The van der Waals surface area contributed by atoms with Crippen LogP contribution in [0.15, 0.2) is 10.5 Å². The smallest absolute Gasteiger partial charge is 0.363 e. The number of carbonyl (C=O) groups excluding carboxylic acids is 3. The van der Waals surface area contributed by atoms with Gasteiger partial charge in [0, 0.05) is 5.38 Å². The van der Waals surface area contributed by atoms with Crippen LogP contribution in [0.25, 0.3) is 0 Å². The van der Waals surface area contributed by atoms with Gasteiger partial charge < -0.3 is 25.7 Å². The second-order valence-corrected chi connectivity index (χ2v) is 7.39. The molecule has 1 aliphatic heterocycles. The van der Waals surface area contributed by atoms with Gasteiger partial charge in [-0.1, -0.05) is 5.16 Å². The molecule has 0 aromatic carbocycles. The molecule has 2 rings (SSSR count). The topological polar surface area (TPSA) is 228 Å². The summed E-state index contributed by atoms with van der Waals surface area (Å²) in [6.45, 7) is -0.903. The van der Waals surface area contributed by atoms with Crippen LogP contribution in [-0.4, -0.2) is 82.6 Å². The summed E-state index contributed by atoms with van der Waals surface area (Å²) in [4.78, 5) is 55.1. The Morgan fingerprint density at radius 3 is 2.59 bits per heavy atom. The number of carbonyl (C=O) groups is 4. The molecule has 1 fully saturated rings. The number of hydrogen-bond acceptors (Lipinski definition) is 12. The van der Waals surface area contributed by atoms with Crippen LogP contribution in [0, 0.1) is 0 Å². The maximum atomic E-state index is 12.5. The van der Waals surface area contributed by atoms with E-state index in [1.165, 1.54) is 5.38 Å². The van der Waals surface area contributed by atoms with E-state index in [9.17, 15) is 27.6 Å². The molecule has 0 saturated carbocycles. The first-order valence-corrected chi connectivity index (χ1v) is 9.57. The monoisotopic (exact) mass is 451 g/mol. The molecule has 0 aliphatic carbocycles. The van der Waals surface area contributed by atoms with Crippen molar-refractivity contribution in [2.75, 3.05) is 19.5 Å². The molecule has 15 nitrogen and oxygen atoms in total. The van der Waals surface area contributed by atoms with Gasteiger partial charge in [0.05, 0.1) is 7.11 Å². The third-order valence-electron chi connectivity index (χ3n) is 3.35. The van der Waals surface area contributed by atoms with Gasteiger partial charge >= 0.3 is 22.2 Å². The van der Waals surface area contributed by atoms with Gasteiger partial charge in [-0.15, -0.1) is 11.3 Å². The standard InChI is InChI=1S/C12H13N5O10S2/c1-26-11(22)8-7(10(21)17(8)29(23,24)25)15-9(20)6(16-27-2-5(18)19)4-3-28-12(13)14-4/h3,7-8H,2H2,1H3,(H2,13,14)(H,15,20)(H,18,19)(H,23,24,25)/b16-6-. The lowest BCUT2D eigenvalue weighted by Crippen LogP contribution is -2.74. The maximum Gasteiger partial charge on any atom is 0.363 e. The van der Waals surface area contributed by atoms with Crippen LogP contribution in [0.2, 0.25) is 0 Å². The number of ether oxygens (including phenoxy) is 1. The molecule has 0 spiro atoms. The van der Waals surface area contributed by atoms with Gasteiger partial charge in [-0.25, -0.2) is 14.6 Å². The average molecular weight is 451 g/mol. The SMILES string of the molecule is COC(=O)C1C(NC(=O)/C(=N\OCC(=O)O)c2csc(N)n2)C(=O)N1S(=O)(=O)O. The number of aromatic nitrogens is 1. The second kappa shape index (κ2) is 8.37. The van der Waals surface area contributed by atoms with E-state index in [0.717, 1.165) is 18.4 Å². The van der Waals surface area contributed by atoms with E-state index in [-0.39, 0.29) is 15.1 Å². The minimum Gasteiger partial charge on any atom is -0.479 e. The average Bonchev–Trinajstić information content (AvgIpc) is 3.04. The van der Waals surface area contributed by atoms with E-state index in [0.29, 0.717) is 0 Å². The van der Waals surface area contributed by atoms with Crippen molar-refractivity contribution in [1.29, 1.82) is 0 Å². The number of methoxy groups -OCH3 is 1. The highest BCUT2D eigenvalue weighted by molar-refractivity contribution is 7.84. The van der Waals surface area contributed by atoms with E-state index in [1.807, 2.05) is 5.32 Å². The third kappa shape index (κ3) is 4.76. The molecule has 1 saturated heterocycles. The highest BCUT2D eigenvalue weighted by atomic mass is 32.2. The number of hydrogen-bond donors (Lipinski definition) is 4. The molecular weight excluding hydrogens is 438 g/mol. The normalized spacial score (nSPS) is 19.3. The summed E-state index contributed by atoms with van der Waals surface area (Å²) in [5, 5.41) is 15.3. The van der Waals surface area contributed by atoms with Crippen LogP contribution in [0.4, 0.5) is 5.13 Å². The summed E-state index contributed by atoms with van der Waals surface area (Å²) < 4.78 is 35.8. The minimum absolute atomic E-state index is 0.0310. The van der Waals surface area contributed by atoms with Crippen molar-refractivity contribution >= 4 is 56.2 Å². The van der Waals surface area contributed by atoms with E-state index in [4.69, 9.17) is 15.4 Å². The lowest BCUT2D eigenvalue weighted by Gasteiger charge is -2.41. The molecule has 1 aromatic rings. The molecule has 5 N–H and O–H groups in total. The van der Waals surface area contributed by atoms with E-state index in [1.54, 1.807) is 0 Å². The minimum atomic E-state index is -5.10. The van der Waals surface area contributed by atoms with Gasteiger partial charge in [-0.05, 0) is 0 Å². The number of nitrogens with zero attached hydrogens (tertiary/aromatic N) is 3. The van der Waals surface area contributed by atoms with Crippen molar-refractivity contribution in [3.63, 3.8) is 0 Å². The highest BCUT2D eigenvalue weighted by Gasteiger charge is 2.58. The number of nitrogens with two attached hydrogens (primary N) is 1. The van der Waals surface area contributed by atoms with Gasteiger partial charge in [0.2, 0.25) is 6.61 Å². The summed E-state index contributed by atoms with van der Waals surface area (Å²) in [5.41, 5.74) is 4.74. The molecule has 0 radical (unpaired) electrons. The second-order valence-electron chi connectivity index (χ2n) is 5.21. The predicted molar refractivity (Wildman–Crippen MR) is 92.8 cm³/mol. The van der Waals surface area contributed by atoms with Gasteiger partial charge in [-0.3, -0.25) is 14.1 Å². The summed E-state index contributed by atoms with van der Waals surface area (Å²) in [5.74, 6) is -5.11. The van der Waals surface area contributed by atoms with Crippen molar-refractivity contribution in [3.8, 4) is 0 Å². The summed E-state index contributed by atoms with van der Waals surface area (Å²) >= 11 is 0.914. The number of nitrogens with one attached hydrogen (secondary N) is 1. The predicted octanol–water partition coefficient (Wildman–Crippen LogP) is -2.80. The van der Waals surface area contributed by atoms with Gasteiger partial charge in [0.1, 0.15) is 11.7 Å². The number of rotatable bonds is 8. The fourth-order valence-electron chi connectivity index (χ4n) is 2.18. The third-order valence-corrected chi connectivity index (χ3v) is 4.93. The molecule has 1 aromatic heterocycles. The number of esters is 1. The van der Waals surface area contributed by atoms with Crippen LogP contribution in [0.5, 0.6) is 0 Å². The molecule has 17 heteroatoms. The Labute approximate surface area is 166 Å². The Bertz CT molecular complexity index is 987. The number of β-lactam (4-membered cyclic amide) rings is 1. The fraction of sp³-hybridized carbons (Fsp3) is 0.333. The number of oxime groups is 1. The molecular formula is C12H13N5O10S2. The van der Waals surface area contributed by atoms with Gasteiger partial charge in [0.15, 0.2) is 16.9 Å². The first-order chi connectivity index (χ1) is 13.5. The number of carboxylic acids is 1. The summed E-state index contributed by atoms with van der Waals surface area (Å²) in [6, 6.07) is -3.59. The Morgan fingerprint density at radius 2 is 2.10 bits per heavy atom. The molecule has 2 heterocycles. The number of amides is 2. The van der Waals surface area contributed by atoms with Crippen LogP contribution in [-0.2, 0) is 39.1 Å². The van der Waals surface area contributed by atoms with Crippen molar-refractivity contribution < 1.29 is 46.8 Å². The van der Waals surface area contributed by atoms with E-state index >= 15 is 0 Å². The van der Waals surface area contributed by atoms with Crippen LogP contribution in [0.1, 0.15) is 5.69 Å². The van der Waals surface area contributed by atoms with Crippen molar-refractivity contribution in [2.45, 2.75) is 12.1 Å². The van der Waals surface area contributed by atoms with Crippen LogP contribution >= 0.6 is 11.3 Å². The number of aliphatic carboxylic acids is 1. The van der Waals surface area contributed by atoms with E-state index in [2.05, 4.69) is 19.7 Å². The molecule has 2 amide bonds. The zero-order chi connectivity index (χ0) is 21.9. The Morgan fingerprint density at radius 1 is 1.45 bits per heavy atom. The molecule has 2 unspecified atom stereocenters. The zero-order valence-corrected chi connectivity index (χ0v) is 16.0. The van der Waals surface area contributed by atoms with Gasteiger partial charge in [-0.2, -0.15) is 12.7 Å². The Kier molecular flexibility index (Phi) is 6.34. The lowest BCUT2D eigenvalue weighted by atomic mass is 9.98. The quantitative estimate of drug-likeness (QED) is 0.103. The first kappa shape index (κ1) is 22.0. The number of nitrogen functional groups attached to an aromatic ring is 1. The molecule has 158 valence electrons. The fourth-order valence-corrected chi connectivity index (χ4v) is 3.56. The van der Waals surface area contributed by atoms with E-state index < -0.39 is 58.5 Å². The molecule has 1 aliphatic rings. The van der Waals surface area contributed by atoms with Crippen LogP contribution in [0.3, 0.4) is 0 Å². The van der Waals surface area contributed by atoms with Crippen molar-refractivity contribution in [3.05, 3.63) is 11.1 Å². The van der Waals surface area contributed by atoms with Crippen LogP contribution < -0.4 is 11.1 Å². The van der Waals surface area contributed by atoms with Crippen molar-refractivity contribution in [1.82, 2.24) is 14.6 Å². The van der Waals surface area contributed by atoms with Crippen molar-refractivity contribution in [2.24, 2.45) is 5.16 Å².